The third-order valence-electron chi connectivity index (χ3n) is 3.44. The molecule has 6 heteroatoms. The number of nitrogens with two attached hydrogens (primary N) is 1. The van der Waals surface area contributed by atoms with Gasteiger partial charge >= 0.3 is 0 Å². The zero-order valence-electron chi connectivity index (χ0n) is 13.0. The van der Waals surface area contributed by atoms with Crippen LogP contribution >= 0.6 is 12.4 Å². The first kappa shape index (κ1) is 18.2. The van der Waals surface area contributed by atoms with Crippen LogP contribution in [0.25, 0.3) is 5.69 Å². The Morgan fingerprint density at radius 2 is 1.91 bits per heavy atom. The summed E-state index contributed by atoms with van der Waals surface area (Å²) in [6, 6.07) is 9.82. The number of nitrogens with zero attached hydrogens (tertiary/aromatic N) is 2. The van der Waals surface area contributed by atoms with Crippen molar-refractivity contribution in [3.05, 3.63) is 47.3 Å². The number of aromatic nitrogens is 2. The lowest BCUT2D eigenvalue weighted by Gasteiger charge is -2.06. The van der Waals surface area contributed by atoms with Gasteiger partial charge in [0.25, 0.3) is 5.91 Å². The van der Waals surface area contributed by atoms with Crippen molar-refractivity contribution in [1.82, 2.24) is 15.1 Å². The highest BCUT2D eigenvalue weighted by Crippen LogP contribution is 2.17. The lowest BCUT2D eigenvalue weighted by Crippen LogP contribution is -2.26. The monoisotopic (exact) mass is 322 g/mol. The Hall–Kier alpha value is -1.85. The Morgan fingerprint density at radius 3 is 2.55 bits per heavy atom. The van der Waals surface area contributed by atoms with Crippen LogP contribution < -0.4 is 11.1 Å². The molecule has 0 bridgehead atoms. The number of rotatable bonds is 6. The van der Waals surface area contributed by atoms with E-state index in [2.05, 4.69) is 10.4 Å². The molecule has 0 aliphatic carbocycles. The number of nitrogens with one attached hydrogen (secondary N) is 1. The average molecular weight is 323 g/mol. The molecule has 1 aromatic heterocycles. The zero-order chi connectivity index (χ0) is 15.2. The number of benzene rings is 1. The molecule has 5 nitrogen and oxygen atoms in total. The van der Waals surface area contributed by atoms with Crippen molar-refractivity contribution < 1.29 is 4.79 Å². The Morgan fingerprint density at radius 1 is 1.23 bits per heavy atom. The number of halogens is 1. The number of hydrogen-bond donors (Lipinski definition) is 2. The van der Waals surface area contributed by atoms with Crippen molar-refractivity contribution >= 4 is 18.3 Å². The molecule has 0 saturated carbocycles. The molecule has 22 heavy (non-hydrogen) atoms. The number of aryl methyl sites for hydroxylation is 1. The standard InChI is InChI=1S/C16H22N4O.ClH/c1-12-15(16(21)18-11-7-6-10-17)13(2)20(19-12)14-8-4-3-5-9-14;/h3-5,8-9H,6-7,10-11,17H2,1-2H3,(H,18,21);1H. The summed E-state index contributed by atoms with van der Waals surface area (Å²) in [6.45, 7) is 5.08. The highest BCUT2D eigenvalue weighted by molar-refractivity contribution is 5.96. The van der Waals surface area contributed by atoms with Gasteiger partial charge in [0.1, 0.15) is 0 Å². The molecule has 2 rings (SSSR count). The summed E-state index contributed by atoms with van der Waals surface area (Å²) < 4.78 is 1.81. The van der Waals surface area contributed by atoms with E-state index in [1.54, 1.807) is 0 Å². The quantitative estimate of drug-likeness (QED) is 0.802. The number of carbonyl (C=O) groups is 1. The maximum Gasteiger partial charge on any atom is 0.255 e. The van der Waals surface area contributed by atoms with Crippen LogP contribution in [-0.4, -0.2) is 28.8 Å². The molecular formula is C16H23ClN4O. The third kappa shape index (κ3) is 4.08. The average Bonchev–Trinajstić information content (AvgIpc) is 2.79. The molecule has 0 radical (unpaired) electrons. The predicted octanol–water partition coefficient (Wildman–Crippen LogP) is 2.38. The van der Waals surface area contributed by atoms with Crippen LogP contribution in [0.2, 0.25) is 0 Å². The smallest absolute Gasteiger partial charge is 0.255 e. The van der Waals surface area contributed by atoms with Gasteiger partial charge in [-0.05, 0) is 45.4 Å². The Labute approximate surface area is 137 Å². The highest BCUT2D eigenvalue weighted by Gasteiger charge is 2.18. The molecule has 0 spiro atoms. The van der Waals surface area contributed by atoms with Crippen molar-refractivity contribution in [1.29, 1.82) is 0 Å². The van der Waals surface area contributed by atoms with Crippen molar-refractivity contribution in [3.63, 3.8) is 0 Å². The fourth-order valence-electron chi connectivity index (χ4n) is 2.35. The van der Waals surface area contributed by atoms with Gasteiger partial charge in [-0.2, -0.15) is 5.10 Å². The molecule has 0 fully saturated rings. The molecular weight excluding hydrogens is 300 g/mol. The van der Waals surface area contributed by atoms with Gasteiger partial charge in [0.2, 0.25) is 0 Å². The largest absolute Gasteiger partial charge is 0.352 e. The zero-order valence-corrected chi connectivity index (χ0v) is 13.8. The van der Waals surface area contributed by atoms with Crippen LogP contribution in [0, 0.1) is 13.8 Å². The molecule has 1 heterocycles. The molecule has 0 atom stereocenters. The SMILES string of the molecule is Cc1nn(-c2ccccc2)c(C)c1C(=O)NCCCCN.Cl. The van der Waals surface area contributed by atoms with E-state index in [0.29, 0.717) is 18.7 Å². The van der Waals surface area contributed by atoms with Crippen LogP contribution in [0.5, 0.6) is 0 Å². The number of carbonyl (C=O) groups excluding carboxylic acids is 1. The summed E-state index contributed by atoms with van der Waals surface area (Å²) >= 11 is 0. The first-order chi connectivity index (χ1) is 10.1. The summed E-state index contributed by atoms with van der Waals surface area (Å²) in [7, 11) is 0. The van der Waals surface area contributed by atoms with Gasteiger partial charge in [0.15, 0.2) is 0 Å². The van der Waals surface area contributed by atoms with Gasteiger partial charge in [-0.15, -0.1) is 12.4 Å². The topological polar surface area (TPSA) is 72.9 Å². The molecule has 0 aliphatic rings. The van der Waals surface area contributed by atoms with Crippen molar-refractivity contribution in [2.45, 2.75) is 26.7 Å². The molecule has 0 unspecified atom stereocenters. The fourth-order valence-corrected chi connectivity index (χ4v) is 2.35. The maximum absolute atomic E-state index is 12.3. The molecule has 1 amide bonds. The van der Waals surface area contributed by atoms with Crippen molar-refractivity contribution in [2.24, 2.45) is 5.73 Å². The summed E-state index contributed by atoms with van der Waals surface area (Å²) in [4.78, 5) is 12.3. The first-order valence-corrected chi connectivity index (χ1v) is 7.25. The Balaban J connectivity index is 0.00000242. The van der Waals surface area contributed by atoms with Gasteiger partial charge in [0, 0.05) is 6.54 Å². The van der Waals surface area contributed by atoms with E-state index in [1.807, 2.05) is 48.9 Å². The molecule has 2 aromatic rings. The number of amides is 1. The molecule has 0 saturated heterocycles. The molecule has 0 aliphatic heterocycles. The van der Waals surface area contributed by atoms with Crippen LogP contribution in [0.15, 0.2) is 30.3 Å². The van der Waals surface area contributed by atoms with Gasteiger partial charge in [-0.3, -0.25) is 4.79 Å². The summed E-state index contributed by atoms with van der Waals surface area (Å²) in [5.74, 6) is -0.0656. The second kappa shape index (κ2) is 8.56. The lowest BCUT2D eigenvalue weighted by atomic mass is 10.1. The van der Waals surface area contributed by atoms with Gasteiger partial charge in [-0.25, -0.2) is 4.68 Å². The normalized spacial score (nSPS) is 10.1. The third-order valence-corrected chi connectivity index (χ3v) is 3.44. The minimum atomic E-state index is -0.0656. The molecule has 120 valence electrons. The van der Waals surface area contributed by atoms with E-state index in [1.165, 1.54) is 0 Å². The first-order valence-electron chi connectivity index (χ1n) is 7.25. The molecule has 1 aromatic carbocycles. The second-order valence-corrected chi connectivity index (χ2v) is 5.04. The minimum absolute atomic E-state index is 0. The predicted molar refractivity (Wildman–Crippen MR) is 90.9 cm³/mol. The Bertz CT molecular complexity index is 610. The van der Waals surface area contributed by atoms with Crippen LogP contribution in [0.4, 0.5) is 0 Å². The number of unbranched alkanes of at least 4 members (excludes halogenated alkanes) is 1. The van der Waals surface area contributed by atoms with E-state index in [9.17, 15) is 4.79 Å². The second-order valence-electron chi connectivity index (χ2n) is 5.04. The fraction of sp³-hybridized carbons (Fsp3) is 0.375. The van der Waals surface area contributed by atoms with E-state index in [4.69, 9.17) is 5.73 Å². The van der Waals surface area contributed by atoms with Crippen molar-refractivity contribution in [3.8, 4) is 5.69 Å². The number of hydrogen-bond acceptors (Lipinski definition) is 3. The van der Waals surface area contributed by atoms with Gasteiger partial charge in [-0.1, -0.05) is 18.2 Å². The van der Waals surface area contributed by atoms with E-state index < -0.39 is 0 Å². The van der Waals surface area contributed by atoms with Gasteiger partial charge in [0.05, 0.1) is 22.6 Å². The van der Waals surface area contributed by atoms with Crippen LogP contribution in [0.3, 0.4) is 0 Å². The summed E-state index contributed by atoms with van der Waals surface area (Å²) in [6.07, 6.45) is 1.81. The molecule has 3 N–H and O–H groups in total. The van der Waals surface area contributed by atoms with E-state index >= 15 is 0 Å². The summed E-state index contributed by atoms with van der Waals surface area (Å²) in [5, 5.41) is 7.41. The Kier molecular flexibility index (Phi) is 7.08. The van der Waals surface area contributed by atoms with Crippen molar-refractivity contribution in [2.75, 3.05) is 13.1 Å². The lowest BCUT2D eigenvalue weighted by molar-refractivity contribution is 0.0952. The van der Waals surface area contributed by atoms with E-state index in [-0.39, 0.29) is 18.3 Å². The van der Waals surface area contributed by atoms with E-state index in [0.717, 1.165) is 29.9 Å². The van der Waals surface area contributed by atoms with Crippen LogP contribution in [0.1, 0.15) is 34.6 Å². The summed E-state index contributed by atoms with van der Waals surface area (Å²) in [5.41, 5.74) is 8.66. The van der Waals surface area contributed by atoms with Crippen LogP contribution in [-0.2, 0) is 0 Å². The number of para-hydroxylation sites is 1. The van der Waals surface area contributed by atoms with Gasteiger partial charge < -0.3 is 11.1 Å². The highest BCUT2D eigenvalue weighted by atomic mass is 35.5. The maximum atomic E-state index is 12.3. The minimum Gasteiger partial charge on any atom is -0.352 e.